The molecule has 0 fully saturated rings. The molecule has 3 nitrogen and oxygen atoms in total. The molecule has 3 heteroatoms. The molecule has 16 heavy (non-hydrogen) atoms. The normalized spacial score (nSPS) is 12.2. The Hall–Kier alpha value is -1.35. The van der Waals surface area contributed by atoms with Crippen LogP contribution in [0.4, 0.5) is 0 Å². The molecule has 0 aliphatic carbocycles. The number of rotatable bonds is 4. The molecule has 1 atom stereocenters. The summed E-state index contributed by atoms with van der Waals surface area (Å²) >= 11 is 0. The first-order valence-corrected chi connectivity index (χ1v) is 5.62. The van der Waals surface area contributed by atoms with Crippen LogP contribution in [-0.2, 0) is 0 Å². The highest BCUT2D eigenvalue weighted by Crippen LogP contribution is 2.10. The van der Waals surface area contributed by atoms with Gasteiger partial charge in [-0.1, -0.05) is 17.7 Å². The zero-order chi connectivity index (χ0) is 12.1. The van der Waals surface area contributed by atoms with Gasteiger partial charge in [0.25, 0.3) is 5.91 Å². The molecule has 0 aliphatic heterocycles. The van der Waals surface area contributed by atoms with Crippen LogP contribution in [0.25, 0.3) is 0 Å². The Kier molecular flexibility index (Phi) is 4.50. The Morgan fingerprint density at radius 3 is 2.69 bits per heavy atom. The standard InChI is InChI=1S/C13H20N2O/c1-9-4-5-12(10(2)8-9)13(16)15-11(3)6-7-14/h4-5,8,11H,6-7,14H2,1-3H3,(H,15,16). The van der Waals surface area contributed by atoms with Crippen LogP contribution in [-0.4, -0.2) is 18.5 Å². The minimum absolute atomic E-state index is 0.0153. The zero-order valence-electron chi connectivity index (χ0n) is 10.2. The molecule has 1 unspecified atom stereocenters. The Morgan fingerprint density at radius 1 is 1.44 bits per heavy atom. The number of aryl methyl sites for hydroxylation is 2. The fraction of sp³-hybridized carbons (Fsp3) is 0.462. The number of hydrogen-bond acceptors (Lipinski definition) is 2. The van der Waals surface area contributed by atoms with Crippen molar-refractivity contribution in [3.05, 3.63) is 34.9 Å². The lowest BCUT2D eigenvalue weighted by Gasteiger charge is -2.14. The van der Waals surface area contributed by atoms with E-state index in [2.05, 4.69) is 5.32 Å². The fourth-order valence-corrected chi connectivity index (χ4v) is 1.69. The summed E-state index contributed by atoms with van der Waals surface area (Å²) in [6.45, 7) is 6.53. The molecule has 1 amide bonds. The van der Waals surface area contributed by atoms with Crippen LogP contribution >= 0.6 is 0 Å². The van der Waals surface area contributed by atoms with E-state index < -0.39 is 0 Å². The Labute approximate surface area is 97.0 Å². The van der Waals surface area contributed by atoms with Crippen LogP contribution in [0.15, 0.2) is 18.2 Å². The van der Waals surface area contributed by atoms with E-state index in [1.165, 1.54) is 5.56 Å². The minimum atomic E-state index is -0.0153. The van der Waals surface area contributed by atoms with Crippen molar-refractivity contribution in [2.45, 2.75) is 33.2 Å². The second kappa shape index (κ2) is 5.66. The van der Waals surface area contributed by atoms with Crippen LogP contribution in [0, 0.1) is 13.8 Å². The van der Waals surface area contributed by atoms with Gasteiger partial charge in [-0.3, -0.25) is 4.79 Å². The summed E-state index contributed by atoms with van der Waals surface area (Å²) < 4.78 is 0. The molecule has 0 aliphatic rings. The van der Waals surface area contributed by atoms with E-state index in [-0.39, 0.29) is 11.9 Å². The summed E-state index contributed by atoms with van der Waals surface area (Å²) in [7, 11) is 0. The number of benzene rings is 1. The lowest BCUT2D eigenvalue weighted by Crippen LogP contribution is -2.34. The second-order valence-corrected chi connectivity index (χ2v) is 4.27. The molecule has 0 saturated heterocycles. The third-order valence-corrected chi connectivity index (χ3v) is 2.60. The number of hydrogen-bond donors (Lipinski definition) is 2. The third kappa shape index (κ3) is 3.35. The van der Waals surface area contributed by atoms with E-state index in [9.17, 15) is 4.79 Å². The Balaban J connectivity index is 2.73. The van der Waals surface area contributed by atoms with Crippen LogP contribution in [0.2, 0.25) is 0 Å². The average Bonchev–Trinajstić information content (AvgIpc) is 2.17. The van der Waals surface area contributed by atoms with Gasteiger partial charge >= 0.3 is 0 Å². The molecule has 0 bridgehead atoms. The van der Waals surface area contributed by atoms with E-state index in [0.29, 0.717) is 6.54 Å². The predicted octanol–water partition coefficient (Wildman–Crippen LogP) is 1.77. The van der Waals surface area contributed by atoms with Gasteiger partial charge in [-0.25, -0.2) is 0 Å². The molecule has 0 spiro atoms. The molecule has 1 rings (SSSR count). The topological polar surface area (TPSA) is 55.1 Å². The third-order valence-electron chi connectivity index (χ3n) is 2.60. The Morgan fingerprint density at radius 2 is 2.12 bits per heavy atom. The van der Waals surface area contributed by atoms with E-state index in [0.717, 1.165) is 17.5 Å². The molecular weight excluding hydrogens is 200 g/mol. The van der Waals surface area contributed by atoms with Crippen molar-refractivity contribution in [2.75, 3.05) is 6.54 Å². The van der Waals surface area contributed by atoms with Gasteiger partial charge in [0.05, 0.1) is 0 Å². The number of carbonyl (C=O) groups excluding carboxylic acids is 1. The van der Waals surface area contributed by atoms with Gasteiger partial charge in [-0.15, -0.1) is 0 Å². The predicted molar refractivity (Wildman–Crippen MR) is 66.5 cm³/mol. The zero-order valence-corrected chi connectivity index (χ0v) is 10.2. The maximum Gasteiger partial charge on any atom is 0.251 e. The Bertz CT molecular complexity index is 374. The molecule has 0 heterocycles. The quantitative estimate of drug-likeness (QED) is 0.812. The highest BCUT2D eigenvalue weighted by Gasteiger charge is 2.11. The average molecular weight is 220 g/mol. The van der Waals surface area contributed by atoms with Crippen molar-refractivity contribution in [3.8, 4) is 0 Å². The van der Waals surface area contributed by atoms with Crippen molar-refractivity contribution < 1.29 is 4.79 Å². The van der Waals surface area contributed by atoms with Crippen molar-refractivity contribution in [3.63, 3.8) is 0 Å². The summed E-state index contributed by atoms with van der Waals surface area (Å²) in [6.07, 6.45) is 0.802. The molecule has 0 radical (unpaired) electrons. The smallest absolute Gasteiger partial charge is 0.251 e. The van der Waals surface area contributed by atoms with E-state index in [1.54, 1.807) is 0 Å². The summed E-state index contributed by atoms with van der Waals surface area (Å²) in [6, 6.07) is 5.96. The van der Waals surface area contributed by atoms with E-state index >= 15 is 0 Å². The maximum absolute atomic E-state index is 11.9. The van der Waals surface area contributed by atoms with Crippen molar-refractivity contribution in [1.29, 1.82) is 0 Å². The van der Waals surface area contributed by atoms with Crippen LogP contribution in [0.3, 0.4) is 0 Å². The van der Waals surface area contributed by atoms with Crippen LogP contribution in [0.5, 0.6) is 0 Å². The molecule has 0 saturated carbocycles. The van der Waals surface area contributed by atoms with Gasteiger partial charge < -0.3 is 11.1 Å². The van der Waals surface area contributed by atoms with E-state index in [1.807, 2.05) is 39.0 Å². The molecule has 3 N–H and O–H groups in total. The minimum Gasteiger partial charge on any atom is -0.350 e. The van der Waals surface area contributed by atoms with Crippen molar-refractivity contribution >= 4 is 5.91 Å². The second-order valence-electron chi connectivity index (χ2n) is 4.27. The monoisotopic (exact) mass is 220 g/mol. The van der Waals surface area contributed by atoms with Crippen molar-refractivity contribution in [1.82, 2.24) is 5.32 Å². The van der Waals surface area contributed by atoms with Gasteiger partial charge in [-0.05, 0) is 45.4 Å². The van der Waals surface area contributed by atoms with Gasteiger partial charge in [0.2, 0.25) is 0 Å². The first kappa shape index (κ1) is 12.7. The van der Waals surface area contributed by atoms with Crippen LogP contribution in [0.1, 0.15) is 34.8 Å². The number of amides is 1. The summed E-state index contributed by atoms with van der Waals surface area (Å²) in [5, 5.41) is 2.94. The van der Waals surface area contributed by atoms with Crippen LogP contribution < -0.4 is 11.1 Å². The SMILES string of the molecule is Cc1ccc(C(=O)NC(C)CCN)c(C)c1. The molecule has 0 aromatic heterocycles. The highest BCUT2D eigenvalue weighted by molar-refractivity contribution is 5.95. The molecule has 1 aromatic rings. The van der Waals surface area contributed by atoms with Gasteiger partial charge in [0.1, 0.15) is 0 Å². The summed E-state index contributed by atoms with van der Waals surface area (Å²) in [5.41, 5.74) is 8.37. The number of nitrogens with one attached hydrogen (secondary N) is 1. The maximum atomic E-state index is 11.9. The molecule has 88 valence electrons. The van der Waals surface area contributed by atoms with Gasteiger partial charge in [0.15, 0.2) is 0 Å². The van der Waals surface area contributed by atoms with Gasteiger partial charge in [-0.2, -0.15) is 0 Å². The lowest BCUT2D eigenvalue weighted by molar-refractivity contribution is 0.0938. The van der Waals surface area contributed by atoms with Crippen molar-refractivity contribution in [2.24, 2.45) is 5.73 Å². The largest absolute Gasteiger partial charge is 0.350 e. The van der Waals surface area contributed by atoms with E-state index in [4.69, 9.17) is 5.73 Å². The molecular formula is C13H20N2O. The lowest BCUT2D eigenvalue weighted by atomic mass is 10.0. The fourth-order valence-electron chi connectivity index (χ4n) is 1.69. The summed E-state index contributed by atoms with van der Waals surface area (Å²) in [4.78, 5) is 11.9. The highest BCUT2D eigenvalue weighted by atomic mass is 16.1. The first-order valence-electron chi connectivity index (χ1n) is 5.62. The summed E-state index contributed by atoms with van der Waals surface area (Å²) in [5.74, 6) is -0.0153. The van der Waals surface area contributed by atoms with Gasteiger partial charge in [0, 0.05) is 11.6 Å². The number of carbonyl (C=O) groups is 1. The molecule has 1 aromatic carbocycles. The first-order chi connectivity index (χ1) is 7.54. The number of nitrogens with two attached hydrogens (primary N) is 1.